The summed E-state index contributed by atoms with van der Waals surface area (Å²) in [5.41, 5.74) is 0. The predicted molar refractivity (Wildman–Crippen MR) is 97.4 cm³/mol. The van der Waals surface area contributed by atoms with Crippen LogP contribution >= 0.6 is 0 Å². The fourth-order valence-corrected chi connectivity index (χ4v) is 1.96. The number of carboxylic acid groups (broad SMARTS) is 1. The van der Waals surface area contributed by atoms with Gasteiger partial charge in [0.15, 0.2) is 0 Å². The van der Waals surface area contributed by atoms with Gasteiger partial charge in [-0.3, -0.25) is 4.79 Å². The van der Waals surface area contributed by atoms with Crippen molar-refractivity contribution in [1.29, 1.82) is 0 Å². The Labute approximate surface area is 141 Å². The molecular weight excluding hydrogens is 288 g/mol. The van der Waals surface area contributed by atoms with Crippen LogP contribution in [0.25, 0.3) is 0 Å². The lowest BCUT2D eigenvalue weighted by Crippen LogP contribution is -1.98. The van der Waals surface area contributed by atoms with Crippen LogP contribution in [0.4, 0.5) is 0 Å². The van der Waals surface area contributed by atoms with E-state index in [1.54, 1.807) is 6.08 Å². The summed E-state index contributed by atoms with van der Waals surface area (Å²) in [6.45, 7) is 2.20. The zero-order chi connectivity index (χ0) is 17.2. The van der Waals surface area contributed by atoms with Crippen LogP contribution in [-0.4, -0.2) is 22.3 Å². The second kappa shape index (κ2) is 16.8. The lowest BCUT2D eigenvalue weighted by atomic mass is 10.1. The Kier molecular flexibility index (Phi) is 15.6. The maximum Gasteiger partial charge on any atom is 0.303 e. The third kappa shape index (κ3) is 18.3. The highest BCUT2D eigenvalue weighted by Crippen LogP contribution is 2.02. The van der Waals surface area contributed by atoms with Crippen LogP contribution in [0.2, 0.25) is 0 Å². The van der Waals surface area contributed by atoms with Gasteiger partial charge in [-0.25, -0.2) is 0 Å². The van der Waals surface area contributed by atoms with Gasteiger partial charge in [0.25, 0.3) is 0 Å². The maximum atomic E-state index is 10.3. The lowest BCUT2D eigenvalue weighted by Gasteiger charge is -1.99. The van der Waals surface area contributed by atoms with Gasteiger partial charge in [0.2, 0.25) is 0 Å². The summed E-state index contributed by atoms with van der Waals surface area (Å²) in [5.74, 6) is -0.738. The molecule has 0 aromatic heterocycles. The summed E-state index contributed by atoms with van der Waals surface area (Å²) < 4.78 is 0. The Morgan fingerprint density at radius 2 is 1.70 bits per heavy atom. The molecule has 0 aliphatic carbocycles. The predicted octanol–water partition coefficient (Wildman–Crippen LogP) is 5.19. The van der Waals surface area contributed by atoms with E-state index in [0.29, 0.717) is 12.8 Å². The smallest absolute Gasteiger partial charge is 0.303 e. The summed E-state index contributed by atoms with van der Waals surface area (Å²) in [5, 5.41) is 18.3. The van der Waals surface area contributed by atoms with Crippen molar-refractivity contribution in [2.75, 3.05) is 0 Å². The topological polar surface area (TPSA) is 57.5 Å². The summed E-state index contributed by atoms with van der Waals surface area (Å²) in [6, 6.07) is 0. The molecule has 0 saturated carbocycles. The van der Waals surface area contributed by atoms with Gasteiger partial charge in [-0.1, -0.05) is 68.4 Å². The van der Waals surface area contributed by atoms with E-state index in [2.05, 4.69) is 13.0 Å². The highest BCUT2D eigenvalue weighted by molar-refractivity contribution is 5.66. The molecule has 1 atom stereocenters. The fraction of sp³-hybridized carbons (Fsp3) is 0.550. The van der Waals surface area contributed by atoms with Crippen LogP contribution in [0.5, 0.6) is 0 Å². The van der Waals surface area contributed by atoms with Crippen LogP contribution < -0.4 is 0 Å². The zero-order valence-corrected chi connectivity index (χ0v) is 14.4. The van der Waals surface area contributed by atoms with E-state index in [1.165, 1.54) is 19.3 Å². The molecule has 0 heterocycles. The van der Waals surface area contributed by atoms with Gasteiger partial charge in [-0.05, 0) is 38.5 Å². The van der Waals surface area contributed by atoms with Gasteiger partial charge in [0.05, 0.1) is 6.10 Å². The van der Waals surface area contributed by atoms with Crippen molar-refractivity contribution in [3.8, 4) is 0 Å². The minimum atomic E-state index is -0.738. The van der Waals surface area contributed by atoms with Crippen LogP contribution in [-0.2, 0) is 4.79 Å². The van der Waals surface area contributed by atoms with Gasteiger partial charge in [-0.2, -0.15) is 0 Å². The zero-order valence-electron chi connectivity index (χ0n) is 14.4. The van der Waals surface area contributed by atoms with Crippen molar-refractivity contribution in [1.82, 2.24) is 0 Å². The molecule has 0 aliphatic rings. The molecule has 0 spiro atoms. The number of unbranched alkanes of at least 4 members (excludes halogenated alkanes) is 4. The van der Waals surface area contributed by atoms with E-state index in [1.807, 2.05) is 36.5 Å². The molecule has 3 nitrogen and oxygen atoms in total. The van der Waals surface area contributed by atoms with Crippen LogP contribution in [0.1, 0.15) is 64.7 Å². The standard InChI is InChI=1S/C20H32O3/c1-2-3-4-5-10-13-16-19(21)17-14-11-8-6-7-9-12-15-18-20(22)23/h7-11,13-14,17,19,21H,2-6,12,15-16,18H2,1H3,(H,22,23)/t19-/m0/s1. The number of allylic oxidation sites excluding steroid dienone is 6. The quantitative estimate of drug-likeness (QED) is 0.263. The summed E-state index contributed by atoms with van der Waals surface area (Å²) in [6.07, 6.45) is 23.5. The van der Waals surface area contributed by atoms with E-state index >= 15 is 0 Å². The molecule has 0 aromatic rings. The average molecular weight is 320 g/mol. The number of aliphatic hydroxyl groups is 1. The third-order valence-corrected chi connectivity index (χ3v) is 3.30. The molecule has 0 rings (SSSR count). The van der Waals surface area contributed by atoms with Crippen LogP contribution in [0, 0.1) is 0 Å². The first kappa shape index (κ1) is 21.4. The SMILES string of the molecule is CCCCCC=CC[C@H](O)C=CC=CCC=CCCCC(=O)O. The lowest BCUT2D eigenvalue weighted by molar-refractivity contribution is -0.137. The van der Waals surface area contributed by atoms with E-state index in [-0.39, 0.29) is 6.42 Å². The van der Waals surface area contributed by atoms with E-state index in [9.17, 15) is 9.90 Å². The van der Waals surface area contributed by atoms with Crippen molar-refractivity contribution in [3.05, 3.63) is 48.6 Å². The largest absolute Gasteiger partial charge is 0.481 e. The highest BCUT2D eigenvalue weighted by Gasteiger charge is 1.93. The number of aliphatic carboxylic acids is 1. The molecule has 2 N–H and O–H groups in total. The molecule has 130 valence electrons. The molecule has 0 unspecified atom stereocenters. The number of carbonyl (C=O) groups is 1. The molecule has 3 heteroatoms. The first-order chi connectivity index (χ1) is 11.2. The molecule has 0 fully saturated rings. The van der Waals surface area contributed by atoms with Gasteiger partial charge in [0, 0.05) is 6.42 Å². The van der Waals surface area contributed by atoms with Crippen molar-refractivity contribution in [3.63, 3.8) is 0 Å². The monoisotopic (exact) mass is 320 g/mol. The number of hydrogen-bond acceptors (Lipinski definition) is 2. The first-order valence-corrected chi connectivity index (χ1v) is 8.70. The van der Waals surface area contributed by atoms with Gasteiger partial charge >= 0.3 is 5.97 Å². The Hall–Kier alpha value is -1.61. The molecular formula is C20H32O3. The van der Waals surface area contributed by atoms with Crippen LogP contribution in [0.3, 0.4) is 0 Å². The highest BCUT2D eigenvalue weighted by atomic mass is 16.4. The number of hydrogen-bond donors (Lipinski definition) is 2. The van der Waals surface area contributed by atoms with Crippen molar-refractivity contribution in [2.45, 2.75) is 70.8 Å². The molecule has 0 amide bonds. The fourth-order valence-electron chi connectivity index (χ4n) is 1.96. The van der Waals surface area contributed by atoms with Crippen molar-refractivity contribution < 1.29 is 15.0 Å². The molecule has 0 saturated heterocycles. The maximum absolute atomic E-state index is 10.3. The number of carboxylic acids is 1. The summed E-state index contributed by atoms with van der Waals surface area (Å²) in [7, 11) is 0. The molecule has 0 bridgehead atoms. The number of rotatable bonds is 14. The summed E-state index contributed by atoms with van der Waals surface area (Å²) >= 11 is 0. The Balaban J connectivity index is 3.62. The first-order valence-electron chi connectivity index (χ1n) is 8.70. The summed E-state index contributed by atoms with van der Waals surface area (Å²) in [4.78, 5) is 10.3. The number of aliphatic hydroxyl groups excluding tert-OH is 1. The van der Waals surface area contributed by atoms with Crippen molar-refractivity contribution in [2.24, 2.45) is 0 Å². The van der Waals surface area contributed by atoms with Crippen LogP contribution in [0.15, 0.2) is 48.6 Å². The second-order valence-corrected chi connectivity index (χ2v) is 5.58. The molecule has 23 heavy (non-hydrogen) atoms. The average Bonchev–Trinajstić information content (AvgIpc) is 2.52. The Morgan fingerprint density at radius 3 is 2.43 bits per heavy atom. The van der Waals surface area contributed by atoms with E-state index in [0.717, 1.165) is 19.3 Å². The minimum absolute atomic E-state index is 0.230. The Morgan fingerprint density at radius 1 is 0.957 bits per heavy atom. The van der Waals surface area contributed by atoms with E-state index < -0.39 is 12.1 Å². The Bertz CT molecular complexity index is 392. The van der Waals surface area contributed by atoms with Crippen molar-refractivity contribution >= 4 is 5.97 Å². The van der Waals surface area contributed by atoms with E-state index in [4.69, 9.17) is 5.11 Å². The van der Waals surface area contributed by atoms with Gasteiger partial charge in [0.1, 0.15) is 0 Å². The van der Waals surface area contributed by atoms with Gasteiger partial charge in [-0.15, -0.1) is 0 Å². The molecule has 0 aromatic carbocycles. The third-order valence-electron chi connectivity index (χ3n) is 3.30. The minimum Gasteiger partial charge on any atom is -0.481 e. The van der Waals surface area contributed by atoms with Gasteiger partial charge < -0.3 is 10.2 Å². The molecule has 0 radical (unpaired) electrons. The molecule has 0 aliphatic heterocycles. The normalized spacial score (nSPS) is 13.8. The second-order valence-electron chi connectivity index (χ2n) is 5.58.